The van der Waals surface area contributed by atoms with E-state index >= 15 is 0 Å². The number of hydrogen-bond donors (Lipinski definition) is 0. The minimum atomic E-state index is 0.255. The van der Waals surface area contributed by atoms with Crippen molar-refractivity contribution < 1.29 is 13.9 Å². The molecule has 0 spiro atoms. The Hall–Kier alpha value is -1.44. The quantitative estimate of drug-likeness (QED) is 0.763. The lowest BCUT2D eigenvalue weighted by atomic mass is 10.2. The highest BCUT2D eigenvalue weighted by atomic mass is 16.5. The van der Waals surface area contributed by atoms with Gasteiger partial charge in [-0.15, -0.1) is 0 Å². The molecule has 1 atom stereocenters. The molecule has 1 unspecified atom stereocenters. The first-order valence-electron chi connectivity index (χ1n) is 8.81. The molecule has 1 amide bonds. The predicted molar refractivity (Wildman–Crippen MR) is 89.6 cm³/mol. The van der Waals surface area contributed by atoms with E-state index in [9.17, 15) is 4.79 Å². The Bertz CT molecular complexity index is 542. The van der Waals surface area contributed by atoms with Crippen LogP contribution in [0.15, 0.2) is 10.6 Å². The second kappa shape index (κ2) is 8.09. The van der Waals surface area contributed by atoms with Crippen molar-refractivity contribution in [2.24, 2.45) is 0 Å². The molecule has 3 heterocycles. The van der Waals surface area contributed by atoms with Gasteiger partial charge in [0, 0.05) is 38.6 Å². The molecule has 7 heteroatoms. The van der Waals surface area contributed by atoms with E-state index in [1.54, 1.807) is 6.20 Å². The SMILES string of the molecule is Cc1cnc(CN(C)C2CCN(CCC(=O)N3CCOCC3)C2)o1. The fourth-order valence-corrected chi connectivity index (χ4v) is 3.42. The molecule has 3 rings (SSSR count). The van der Waals surface area contributed by atoms with Crippen LogP contribution >= 0.6 is 0 Å². The van der Waals surface area contributed by atoms with Crippen molar-refractivity contribution in [1.82, 2.24) is 19.7 Å². The van der Waals surface area contributed by atoms with Gasteiger partial charge in [0.1, 0.15) is 5.76 Å². The number of aromatic nitrogens is 1. The minimum Gasteiger partial charge on any atom is -0.445 e. The number of ether oxygens (including phenoxy) is 1. The third-order valence-corrected chi connectivity index (χ3v) is 4.93. The van der Waals surface area contributed by atoms with E-state index < -0.39 is 0 Å². The number of nitrogens with zero attached hydrogens (tertiary/aromatic N) is 4. The number of oxazole rings is 1. The minimum absolute atomic E-state index is 0.255. The van der Waals surface area contributed by atoms with Crippen molar-refractivity contribution in [2.45, 2.75) is 32.4 Å². The van der Waals surface area contributed by atoms with Crippen LogP contribution in [0.3, 0.4) is 0 Å². The first-order valence-corrected chi connectivity index (χ1v) is 8.81. The summed E-state index contributed by atoms with van der Waals surface area (Å²) in [5, 5.41) is 0. The number of likely N-dealkylation sites (tertiary alicyclic amines) is 1. The smallest absolute Gasteiger partial charge is 0.224 e. The fourth-order valence-electron chi connectivity index (χ4n) is 3.42. The van der Waals surface area contributed by atoms with Gasteiger partial charge in [-0.25, -0.2) is 4.98 Å². The monoisotopic (exact) mass is 336 g/mol. The first kappa shape index (κ1) is 17.4. The average molecular weight is 336 g/mol. The molecule has 2 fully saturated rings. The molecule has 0 radical (unpaired) electrons. The molecule has 0 aliphatic carbocycles. The summed E-state index contributed by atoms with van der Waals surface area (Å²) >= 11 is 0. The van der Waals surface area contributed by atoms with E-state index in [0.29, 0.717) is 25.7 Å². The molecular formula is C17H28N4O3. The largest absolute Gasteiger partial charge is 0.445 e. The zero-order valence-corrected chi connectivity index (χ0v) is 14.7. The lowest BCUT2D eigenvalue weighted by molar-refractivity contribution is -0.135. The van der Waals surface area contributed by atoms with Gasteiger partial charge < -0.3 is 19.0 Å². The predicted octanol–water partition coefficient (Wildman–Crippen LogP) is 0.738. The maximum Gasteiger partial charge on any atom is 0.224 e. The molecule has 0 bridgehead atoms. The lowest BCUT2D eigenvalue weighted by Crippen LogP contribution is -2.42. The molecule has 2 aliphatic rings. The zero-order valence-electron chi connectivity index (χ0n) is 14.7. The van der Waals surface area contributed by atoms with Crippen molar-refractivity contribution in [2.75, 3.05) is 53.0 Å². The fraction of sp³-hybridized carbons (Fsp3) is 0.765. The highest BCUT2D eigenvalue weighted by Gasteiger charge is 2.27. The third kappa shape index (κ3) is 4.55. The molecule has 0 saturated carbocycles. The Morgan fingerprint density at radius 1 is 1.38 bits per heavy atom. The molecule has 0 aromatic carbocycles. The molecule has 7 nitrogen and oxygen atoms in total. The van der Waals surface area contributed by atoms with E-state index in [1.165, 1.54) is 0 Å². The number of rotatable bonds is 6. The van der Waals surface area contributed by atoms with Crippen LogP contribution in [-0.4, -0.2) is 84.6 Å². The zero-order chi connectivity index (χ0) is 16.9. The molecular weight excluding hydrogens is 308 g/mol. The molecule has 1 aromatic rings. The number of aryl methyl sites for hydroxylation is 1. The van der Waals surface area contributed by atoms with Crippen molar-refractivity contribution in [1.29, 1.82) is 0 Å². The molecule has 24 heavy (non-hydrogen) atoms. The summed E-state index contributed by atoms with van der Waals surface area (Å²) in [6.07, 6.45) is 3.50. The Morgan fingerprint density at radius 2 is 2.17 bits per heavy atom. The molecule has 2 saturated heterocycles. The van der Waals surface area contributed by atoms with Crippen LogP contribution in [0, 0.1) is 6.92 Å². The van der Waals surface area contributed by atoms with Gasteiger partial charge in [-0.2, -0.15) is 0 Å². The standard InChI is InChI=1S/C17H28N4O3/c1-14-11-18-16(24-14)13-19(2)15-3-5-20(12-15)6-4-17(22)21-7-9-23-10-8-21/h11,15H,3-10,12-13H2,1-2H3. The van der Waals surface area contributed by atoms with Crippen LogP contribution in [0.4, 0.5) is 0 Å². The summed E-state index contributed by atoms with van der Waals surface area (Å²) in [7, 11) is 2.12. The average Bonchev–Trinajstić information content (AvgIpc) is 3.22. The molecule has 0 N–H and O–H groups in total. The van der Waals surface area contributed by atoms with Crippen molar-refractivity contribution >= 4 is 5.91 Å². The van der Waals surface area contributed by atoms with E-state index in [2.05, 4.69) is 21.8 Å². The van der Waals surface area contributed by atoms with E-state index in [1.807, 2.05) is 11.8 Å². The number of morpholine rings is 1. The van der Waals surface area contributed by atoms with Crippen molar-refractivity contribution in [3.63, 3.8) is 0 Å². The maximum absolute atomic E-state index is 12.2. The van der Waals surface area contributed by atoms with Crippen LogP contribution in [0.5, 0.6) is 0 Å². The van der Waals surface area contributed by atoms with Crippen LogP contribution in [0.1, 0.15) is 24.5 Å². The van der Waals surface area contributed by atoms with Crippen LogP contribution in [-0.2, 0) is 16.1 Å². The van der Waals surface area contributed by atoms with Gasteiger partial charge in [-0.05, 0) is 26.9 Å². The van der Waals surface area contributed by atoms with Gasteiger partial charge in [0.25, 0.3) is 0 Å². The second-order valence-electron chi connectivity index (χ2n) is 6.77. The second-order valence-corrected chi connectivity index (χ2v) is 6.77. The highest BCUT2D eigenvalue weighted by Crippen LogP contribution is 2.17. The Balaban J connectivity index is 1.39. The summed E-state index contributed by atoms with van der Waals surface area (Å²) in [6.45, 7) is 8.37. The van der Waals surface area contributed by atoms with E-state index in [-0.39, 0.29) is 5.91 Å². The number of carbonyl (C=O) groups excluding carboxylic acids is 1. The normalized spacial score (nSPS) is 22.5. The lowest BCUT2D eigenvalue weighted by Gasteiger charge is -2.28. The topological polar surface area (TPSA) is 62.1 Å². The molecule has 2 aliphatic heterocycles. The van der Waals surface area contributed by atoms with Gasteiger partial charge in [0.15, 0.2) is 0 Å². The van der Waals surface area contributed by atoms with Crippen molar-refractivity contribution in [3.8, 4) is 0 Å². The first-order chi connectivity index (χ1) is 11.6. The molecule has 134 valence electrons. The maximum atomic E-state index is 12.2. The van der Waals surface area contributed by atoms with Crippen LogP contribution in [0.2, 0.25) is 0 Å². The van der Waals surface area contributed by atoms with Gasteiger partial charge in [-0.3, -0.25) is 9.69 Å². The number of likely N-dealkylation sites (N-methyl/N-ethyl adjacent to an activating group) is 1. The Labute approximate surface area is 143 Å². The van der Waals surface area contributed by atoms with Crippen LogP contribution < -0.4 is 0 Å². The third-order valence-electron chi connectivity index (χ3n) is 4.93. The summed E-state index contributed by atoms with van der Waals surface area (Å²) in [5.41, 5.74) is 0. The number of carbonyl (C=O) groups is 1. The summed E-state index contributed by atoms with van der Waals surface area (Å²) in [4.78, 5) is 23.1. The van der Waals surface area contributed by atoms with E-state index in [0.717, 1.165) is 57.3 Å². The van der Waals surface area contributed by atoms with Gasteiger partial charge >= 0.3 is 0 Å². The number of hydrogen-bond acceptors (Lipinski definition) is 6. The van der Waals surface area contributed by atoms with Crippen molar-refractivity contribution in [3.05, 3.63) is 17.8 Å². The Kier molecular flexibility index (Phi) is 5.86. The van der Waals surface area contributed by atoms with Gasteiger partial charge in [0.05, 0.1) is 26.0 Å². The van der Waals surface area contributed by atoms with Crippen LogP contribution in [0.25, 0.3) is 0 Å². The summed E-state index contributed by atoms with van der Waals surface area (Å²) in [5.74, 6) is 1.88. The summed E-state index contributed by atoms with van der Waals surface area (Å²) < 4.78 is 10.9. The molecule has 1 aromatic heterocycles. The highest BCUT2D eigenvalue weighted by molar-refractivity contribution is 5.76. The van der Waals surface area contributed by atoms with E-state index in [4.69, 9.17) is 9.15 Å². The Morgan fingerprint density at radius 3 is 2.88 bits per heavy atom. The van der Waals surface area contributed by atoms with Gasteiger partial charge in [0.2, 0.25) is 11.8 Å². The van der Waals surface area contributed by atoms with Gasteiger partial charge in [-0.1, -0.05) is 0 Å². The number of amides is 1. The summed E-state index contributed by atoms with van der Waals surface area (Å²) in [6, 6.07) is 0.496.